The summed E-state index contributed by atoms with van der Waals surface area (Å²) in [5, 5.41) is 0. The fraction of sp³-hybridized carbons (Fsp3) is 1.00. The van der Waals surface area contributed by atoms with Gasteiger partial charge in [0, 0.05) is 13.2 Å². The highest BCUT2D eigenvalue weighted by Gasteiger charge is 2.23. The molecule has 1 saturated carbocycles. The molecule has 107 valence electrons. The monoisotopic (exact) mass is 289 g/mol. The Kier molecular flexibility index (Phi) is 10.2. The van der Waals surface area contributed by atoms with E-state index in [1.54, 1.807) is 0 Å². The molecule has 1 aliphatic rings. The molecule has 0 saturated heterocycles. The number of hydrogen-bond donors (Lipinski definition) is 0. The molecule has 0 aliphatic heterocycles. The maximum absolute atomic E-state index is 6.02. The molecule has 0 aromatic carbocycles. The molecule has 0 unspecified atom stereocenters. The number of hydrogen-bond acceptors (Lipinski definition) is 3. The van der Waals surface area contributed by atoms with Crippen LogP contribution in [0.25, 0.3) is 0 Å². The molecule has 0 aromatic heterocycles. The van der Waals surface area contributed by atoms with Crippen molar-refractivity contribution in [3.8, 4) is 0 Å². The summed E-state index contributed by atoms with van der Waals surface area (Å²) in [6, 6.07) is 0. The van der Waals surface area contributed by atoms with Crippen molar-refractivity contribution in [1.82, 2.24) is 0 Å². The Morgan fingerprint density at radius 3 is 2.06 bits per heavy atom. The van der Waals surface area contributed by atoms with Crippen molar-refractivity contribution in [2.24, 2.45) is 0 Å². The second-order valence-electron chi connectivity index (χ2n) is 5.12. The van der Waals surface area contributed by atoms with E-state index in [4.69, 9.17) is 13.0 Å². The van der Waals surface area contributed by atoms with Crippen LogP contribution in [0.4, 0.5) is 0 Å². The Morgan fingerprint density at radius 1 is 1.00 bits per heavy atom. The van der Waals surface area contributed by atoms with Crippen LogP contribution in [0.15, 0.2) is 0 Å². The third-order valence-corrected chi connectivity index (χ3v) is 7.12. The van der Waals surface area contributed by atoms with Crippen LogP contribution in [0, 0.1) is 0 Å². The Labute approximate surface area is 116 Å². The Morgan fingerprint density at radius 2 is 1.56 bits per heavy atom. The minimum Gasteiger partial charge on any atom is -0.419 e. The van der Waals surface area contributed by atoms with Crippen molar-refractivity contribution >= 4 is 19.3 Å². The fourth-order valence-electron chi connectivity index (χ4n) is 2.09. The lowest BCUT2D eigenvalue weighted by Crippen LogP contribution is -2.30. The highest BCUT2D eigenvalue weighted by atomic mass is 28.4. The van der Waals surface area contributed by atoms with Gasteiger partial charge in [0.15, 0.2) is 9.76 Å². The summed E-state index contributed by atoms with van der Waals surface area (Å²) in [4.78, 5) is 0. The molecule has 1 fully saturated rings. The molecule has 0 atom stereocenters. The standard InChI is InChI=1S/C13H29O3Si2/c1-3-5-11-14-18(15-12-6-4-2)16-17-13-9-7-8-10-13/h13H,3-12,17H2,1-2H3. The van der Waals surface area contributed by atoms with Crippen molar-refractivity contribution in [2.75, 3.05) is 13.2 Å². The van der Waals surface area contributed by atoms with E-state index < -0.39 is 19.3 Å². The predicted octanol–water partition coefficient (Wildman–Crippen LogP) is 3.07. The van der Waals surface area contributed by atoms with Crippen LogP contribution in [0.1, 0.15) is 65.2 Å². The third kappa shape index (κ3) is 7.68. The number of rotatable bonds is 11. The summed E-state index contributed by atoms with van der Waals surface area (Å²) in [6.45, 7) is 5.97. The Bertz CT molecular complexity index is 177. The van der Waals surface area contributed by atoms with E-state index >= 15 is 0 Å². The third-order valence-electron chi connectivity index (χ3n) is 3.35. The largest absolute Gasteiger partial charge is 0.566 e. The van der Waals surface area contributed by atoms with E-state index in [1.807, 2.05) is 0 Å². The normalized spacial score (nSPS) is 17.5. The van der Waals surface area contributed by atoms with Gasteiger partial charge in [-0.05, 0) is 18.4 Å². The second kappa shape index (κ2) is 11.2. The molecule has 0 bridgehead atoms. The molecule has 1 radical (unpaired) electrons. The van der Waals surface area contributed by atoms with Crippen molar-refractivity contribution < 1.29 is 13.0 Å². The van der Waals surface area contributed by atoms with Gasteiger partial charge < -0.3 is 13.0 Å². The predicted molar refractivity (Wildman–Crippen MR) is 79.3 cm³/mol. The zero-order valence-corrected chi connectivity index (χ0v) is 14.5. The Balaban J connectivity index is 2.14. The summed E-state index contributed by atoms with van der Waals surface area (Å²) in [5.41, 5.74) is 0.884. The maximum Gasteiger partial charge on any atom is 0.566 e. The van der Waals surface area contributed by atoms with E-state index in [9.17, 15) is 0 Å². The van der Waals surface area contributed by atoms with Crippen molar-refractivity contribution in [3.63, 3.8) is 0 Å². The van der Waals surface area contributed by atoms with E-state index in [-0.39, 0.29) is 0 Å². The molecule has 0 spiro atoms. The molecule has 0 amide bonds. The van der Waals surface area contributed by atoms with Gasteiger partial charge in [-0.2, -0.15) is 0 Å². The highest BCUT2D eigenvalue weighted by Crippen LogP contribution is 2.29. The molecule has 3 nitrogen and oxygen atoms in total. The first-order valence-corrected chi connectivity index (χ1v) is 10.2. The minimum absolute atomic E-state index is 0.433. The van der Waals surface area contributed by atoms with Crippen LogP contribution >= 0.6 is 0 Å². The van der Waals surface area contributed by atoms with E-state index in [0.717, 1.165) is 31.6 Å². The minimum atomic E-state index is -1.41. The molecule has 0 aromatic rings. The first kappa shape index (κ1) is 16.4. The van der Waals surface area contributed by atoms with Gasteiger partial charge in [0.25, 0.3) is 0 Å². The van der Waals surface area contributed by atoms with Crippen LogP contribution in [-0.4, -0.2) is 32.5 Å². The highest BCUT2D eigenvalue weighted by molar-refractivity contribution is 6.48. The molecule has 1 aliphatic carbocycles. The van der Waals surface area contributed by atoms with Gasteiger partial charge >= 0.3 is 9.53 Å². The molecule has 0 N–H and O–H groups in total. The summed E-state index contributed by atoms with van der Waals surface area (Å²) in [5.74, 6) is 0. The quantitative estimate of drug-likeness (QED) is 0.432. The van der Waals surface area contributed by atoms with Gasteiger partial charge in [0.2, 0.25) is 0 Å². The zero-order chi connectivity index (χ0) is 13.1. The summed E-state index contributed by atoms with van der Waals surface area (Å²) >= 11 is 0. The van der Waals surface area contributed by atoms with E-state index in [2.05, 4.69) is 13.8 Å². The van der Waals surface area contributed by atoms with Crippen LogP contribution in [0.3, 0.4) is 0 Å². The zero-order valence-electron chi connectivity index (χ0n) is 12.1. The average molecular weight is 290 g/mol. The SMILES string of the molecule is CCCCO[Si](OCCCC)O[SiH2]C1CCCC1. The van der Waals surface area contributed by atoms with Crippen molar-refractivity contribution in [1.29, 1.82) is 0 Å². The molecular formula is C13H29O3Si2. The smallest absolute Gasteiger partial charge is 0.419 e. The summed E-state index contributed by atoms with van der Waals surface area (Å²) in [7, 11) is -1.85. The van der Waals surface area contributed by atoms with Gasteiger partial charge in [0.05, 0.1) is 0 Å². The summed E-state index contributed by atoms with van der Waals surface area (Å²) in [6.07, 6.45) is 10.1. The topological polar surface area (TPSA) is 27.7 Å². The van der Waals surface area contributed by atoms with Gasteiger partial charge in [-0.15, -0.1) is 0 Å². The van der Waals surface area contributed by atoms with Crippen LogP contribution in [0.5, 0.6) is 0 Å². The van der Waals surface area contributed by atoms with Crippen LogP contribution < -0.4 is 0 Å². The number of unbranched alkanes of at least 4 members (excludes halogenated alkanes) is 2. The lowest BCUT2D eigenvalue weighted by Gasteiger charge is -2.17. The maximum atomic E-state index is 6.02. The lowest BCUT2D eigenvalue weighted by atomic mass is 10.4. The van der Waals surface area contributed by atoms with Crippen LogP contribution in [0.2, 0.25) is 5.54 Å². The lowest BCUT2D eigenvalue weighted by molar-refractivity contribution is 0.138. The van der Waals surface area contributed by atoms with E-state index in [1.165, 1.54) is 38.5 Å². The molecule has 0 heterocycles. The molecule has 18 heavy (non-hydrogen) atoms. The van der Waals surface area contributed by atoms with Gasteiger partial charge in [-0.1, -0.05) is 52.4 Å². The van der Waals surface area contributed by atoms with Gasteiger partial charge in [0.1, 0.15) is 0 Å². The molecule has 1 rings (SSSR count). The van der Waals surface area contributed by atoms with Crippen molar-refractivity contribution in [3.05, 3.63) is 0 Å². The molecule has 5 heteroatoms. The first-order valence-electron chi connectivity index (χ1n) is 7.62. The van der Waals surface area contributed by atoms with Gasteiger partial charge in [-0.3, -0.25) is 0 Å². The average Bonchev–Trinajstić information content (AvgIpc) is 2.89. The van der Waals surface area contributed by atoms with Crippen LogP contribution in [-0.2, 0) is 13.0 Å². The molecular weight excluding hydrogens is 260 g/mol. The fourth-order valence-corrected chi connectivity index (χ4v) is 5.86. The summed E-state index contributed by atoms with van der Waals surface area (Å²) < 4.78 is 17.6. The van der Waals surface area contributed by atoms with E-state index in [0.29, 0.717) is 0 Å². The van der Waals surface area contributed by atoms with Gasteiger partial charge in [-0.25, -0.2) is 0 Å². The Hall–Kier alpha value is 0.314. The first-order chi connectivity index (χ1) is 8.86. The second-order valence-corrected chi connectivity index (χ2v) is 8.84. The van der Waals surface area contributed by atoms with Crippen molar-refractivity contribution in [2.45, 2.75) is 70.8 Å².